The van der Waals surface area contributed by atoms with E-state index in [0.29, 0.717) is 0 Å². The van der Waals surface area contributed by atoms with Gasteiger partial charge in [0.1, 0.15) is 17.2 Å². The van der Waals surface area contributed by atoms with Gasteiger partial charge in [-0.3, -0.25) is 0 Å². The summed E-state index contributed by atoms with van der Waals surface area (Å²) in [7, 11) is 0. The second kappa shape index (κ2) is 12.8. The van der Waals surface area contributed by atoms with Gasteiger partial charge in [0.25, 0.3) is 0 Å². The van der Waals surface area contributed by atoms with Gasteiger partial charge in [-0.25, -0.2) is 14.4 Å². The van der Waals surface area contributed by atoms with Crippen LogP contribution in [-0.4, -0.2) is 48.5 Å². The Hall–Kier alpha value is -5.31. The fourth-order valence-corrected chi connectivity index (χ4v) is 2.70. The van der Waals surface area contributed by atoms with E-state index in [1.54, 1.807) is 24.3 Å². The van der Waals surface area contributed by atoms with Crippen molar-refractivity contribution in [1.82, 2.24) is 0 Å². The highest BCUT2D eigenvalue weighted by Gasteiger charge is 2.06. The van der Waals surface area contributed by atoms with Gasteiger partial charge in [-0.05, 0) is 77.9 Å². The maximum absolute atomic E-state index is 10.4. The highest BCUT2D eigenvalue weighted by Crippen LogP contribution is 2.23. The Morgan fingerprint density at radius 2 is 0.722 bits per heavy atom. The first kappa shape index (κ1) is 26.9. The van der Waals surface area contributed by atoms with Crippen LogP contribution in [-0.2, 0) is 0 Å². The lowest BCUT2D eigenvalue weighted by atomic mass is 10.1. The summed E-state index contributed by atoms with van der Waals surface area (Å²) >= 11 is 0. The molecule has 0 amide bonds. The molecule has 0 saturated carbocycles. The van der Waals surface area contributed by atoms with Crippen molar-refractivity contribution in [3.63, 3.8) is 0 Å². The summed E-state index contributed by atoms with van der Waals surface area (Å²) in [5.41, 5.74) is 2.17. The normalized spacial score (nSPS) is 9.56. The molecule has 0 heterocycles. The Labute approximate surface area is 205 Å². The molecule has 9 nitrogen and oxygen atoms in total. The minimum absolute atomic E-state index is 0.0186. The van der Waals surface area contributed by atoms with Crippen LogP contribution < -0.4 is 0 Å². The van der Waals surface area contributed by atoms with E-state index in [4.69, 9.17) is 30.6 Å². The largest absolute Gasteiger partial charge is 0.508 e. The highest BCUT2D eigenvalue weighted by atomic mass is 16.4. The smallest absolute Gasteiger partial charge is 0.335 e. The average molecular weight is 490 g/mol. The van der Waals surface area contributed by atoms with Crippen LogP contribution in [0.15, 0.2) is 97.1 Å². The van der Waals surface area contributed by atoms with E-state index in [2.05, 4.69) is 0 Å². The third-order valence-corrected chi connectivity index (χ3v) is 4.54. The summed E-state index contributed by atoms with van der Waals surface area (Å²) in [4.78, 5) is 31.0. The molecule has 0 unspecified atom stereocenters. The highest BCUT2D eigenvalue weighted by molar-refractivity contribution is 5.93. The quantitative estimate of drug-likeness (QED) is 0.232. The number of carbonyl (C=O) groups is 3. The Kier molecular flexibility index (Phi) is 9.58. The van der Waals surface area contributed by atoms with Gasteiger partial charge >= 0.3 is 17.9 Å². The molecule has 0 radical (unpaired) electrons. The molecule has 0 aliphatic carbocycles. The maximum Gasteiger partial charge on any atom is 0.335 e. The molecule has 0 aliphatic rings. The number of hydrogen-bond acceptors (Lipinski definition) is 6. The summed E-state index contributed by atoms with van der Waals surface area (Å²) in [6.45, 7) is 0. The zero-order valence-electron chi connectivity index (χ0n) is 18.6. The molecule has 9 heteroatoms. The van der Waals surface area contributed by atoms with E-state index in [0.717, 1.165) is 17.2 Å². The van der Waals surface area contributed by atoms with Gasteiger partial charge in [-0.15, -0.1) is 0 Å². The molecule has 4 aromatic rings. The third-order valence-electron chi connectivity index (χ3n) is 4.54. The lowest BCUT2D eigenvalue weighted by Gasteiger charge is -2.01. The monoisotopic (exact) mass is 490 g/mol. The topological polar surface area (TPSA) is 173 Å². The SMILES string of the molecule is O=C(O)c1ccc(O)cc1.O=C(O)c1cccc(C(=O)O)c1.Oc1ccc(-c2ccc(O)cc2)cc1. The molecular formula is C27H22O9. The van der Waals surface area contributed by atoms with Crippen LogP contribution in [0.4, 0.5) is 0 Å². The van der Waals surface area contributed by atoms with Crippen LogP contribution in [0, 0.1) is 0 Å². The molecule has 0 aliphatic heterocycles. The second-order valence-electron chi connectivity index (χ2n) is 7.14. The van der Waals surface area contributed by atoms with Gasteiger partial charge in [-0.1, -0.05) is 30.3 Å². The molecule has 0 atom stereocenters. The van der Waals surface area contributed by atoms with E-state index >= 15 is 0 Å². The first-order chi connectivity index (χ1) is 17.1. The number of carboxylic acids is 3. The number of phenolic OH excluding ortho intramolecular Hbond substituents is 3. The van der Waals surface area contributed by atoms with Crippen LogP contribution in [0.3, 0.4) is 0 Å². The number of carboxylic acid groups (broad SMARTS) is 3. The number of hydrogen-bond donors (Lipinski definition) is 6. The number of phenols is 3. The predicted octanol–water partition coefficient (Wildman–Crippen LogP) is 4.94. The van der Waals surface area contributed by atoms with Crippen molar-refractivity contribution in [2.24, 2.45) is 0 Å². The number of aromatic hydroxyl groups is 3. The van der Waals surface area contributed by atoms with Gasteiger partial charge in [-0.2, -0.15) is 0 Å². The van der Waals surface area contributed by atoms with E-state index in [-0.39, 0.29) is 33.9 Å². The first-order valence-electron chi connectivity index (χ1n) is 10.2. The number of rotatable bonds is 4. The van der Waals surface area contributed by atoms with Crippen LogP contribution in [0.2, 0.25) is 0 Å². The van der Waals surface area contributed by atoms with Crippen LogP contribution in [0.1, 0.15) is 31.1 Å². The van der Waals surface area contributed by atoms with Crippen molar-refractivity contribution in [1.29, 1.82) is 0 Å². The molecule has 184 valence electrons. The molecule has 0 spiro atoms. The first-order valence-corrected chi connectivity index (χ1v) is 10.2. The standard InChI is InChI=1S/C12H10O2.C8H6O4.C7H6O3/c13-11-5-1-9(2-6-11)10-3-7-12(14)8-4-10;9-7(10)5-2-1-3-6(4-5)8(11)12;8-6-3-1-5(2-4-6)7(9)10/h1-8,13-14H;1-4H,(H,9,10)(H,11,12);1-4,8H,(H,9,10). The van der Waals surface area contributed by atoms with Crippen LogP contribution in [0.5, 0.6) is 17.2 Å². The summed E-state index contributed by atoms with van der Waals surface area (Å²) in [5.74, 6) is -2.65. The Balaban J connectivity index is 0.000000193. The second-order valence-corrected chi connectivity index (χ2v) is 7.14. The van der Waals surface area contributed by atoms with Crippen molar-refractivity contribution in [3.8, 4) is 28.4 Å². The number of benzene rings is 4. The van der Waals surface area contributed by atoms with Crippen LogP contribution in [0.25, 0.3) is 11.1 Å². The molecule has 4 aromatic carbocycles. The maximum atomic E-state index is 10.4. The zero-order chi connectivity index (χ0) is 26.7. The van der Waals surface area contributed by atoms with Gasteiger partial charge in [0.05, 0.1) is 16.7 Å². The molecule has 36 heavy (non-hydrogen) atoms. The van der Waals surface area contributed by atoms with Crippen molar-refractivity contribution in [3.05, 3.63) is 114 Å². The fourth-order valence-electron chi connectivity index (χ4n) is 2.70. The molecule has 0 fully saturated rings. The van der Waals surface area contributed by atoms with E-state index in [1.807, 2.05) is 24.3 Å². The molecule has 0 bridgehead atoms. The van der Waals surface area contributed by atoms with Gasteiger partial charge in [0.2, 0.25) is 0 Å². The molecule has 6 N–H and O–H groups in total. The average Bonchev–Trinajstić information content (AvgIpc) is 2.86. The summed E-state index contributed by atoms with van der Waals surface area (Å²) < 4.78 is 0. The Morgan fingerprint density at radius 1 is 0.417 bits per heavy atom. The summed E-state index contributed by atoms with van der Waals surface area (Å²) in [6, 6.07) is 24.5. The van der Waals surface area contributed by atoms with Gasteiger partial charge < -0.3 is 30.6 Å². The zero-order valence-corrected chi connectivity index (χ0v) is 18.6. The van der Waals surface area contributed by atoms with Crippen molar-refractivity contribution >= 4 is 17.9 Å². The van der Waals surface area contributed by atoms with Crippen molar-refractivity contribution in [2.75, 3.05) is 0 Å². The molecular weight excluding hydrogens is 468 g/mol. The number of aromatic carboxylic acids is 3. The minimum Gasteiger partial charge on any atom is -0.508 e. The molecule has 0 saturated heterocycles. The van der Waals surface area contributed by atoms with Crippen molar-refractivity contribution < 1.29 is 45.0 Å². The minimum atomic E-state index is -1.13. The summed E-state index contributed by atoms with van der Waals surface area (Å²) in [5, 5.41) is 52.4. The van der Waals surface area contributed by atoms with Gasteiger partial charge in [0.15, 0.2) is 0 Å². The lowest BCUT2D eigenvalue weighted by molar-refractivity contribution is 0.0682. The van der Waals surface area contributed by atoms with Crippen LogP contribution >= 0.6 is 0 Å². The Morgan fingerprint density at radius 3 is 1.03 bits per heavy atom. The van der Waals surface area contributed by atoms with E-state index in [1.165, 1.54) is 42.5 Å². The predicted molar refractivity (Wildman–Crippen MR) is 131 cm³/mol. The Bertz CT molecular complexity index is 1240. The molecule has 0 aromatic heterocycles. The van der Waals surface area contributed by atoms with Gasteiger partial charge in [0, 0.05) is 0 Å². The van der Waals surface area contributed by atoms with Crippen molar-refractivity contribution in [2.45, 2.75) is 0 Å². The third kappa shape index (κ3) is 8.56. The lowest BCUT2D eigenvalue weighted by Crippen LogP contribution is -2.01. The summed E-state index contributed by atoms with van der Waals surface area (Å²) in [6.07, 6.45) is 0. The fraction of sp³-hybridized carbons (Fsp3) is 0. The molecule has 4 rings (SSSR count). The van der Waals surface area contributed by atoms with E-state index < -0.39 is 17.9 Å². The van der Waals surface area contributed by atoms with E-state index in [9.17, 15) is 14.4 Å².